The third-order valence-electron chi connectivity index (χ3n) is 4.18. The molecule has 1 aromatic carbocycles. The van der Waals surface area contributed by atoms with Gasteiger partial charge in [-0.05, 0) is 62.8 Å². The van der Waals surface area contributed by atoms with Crippen LogP contribution in [0.5, 0.6) is 0 Å². The van der Waals surface area contributed by atoms with Crippen LogP contribution < -0.4 is 0 Å². The molecule has 3 nitrogen and oxygen atoms in total. The number of amides is 1. The molecule has 2 rings (SSSR count). The summed E-state index contributed by atoms with van der Waals surface area (Å²) in [5.41, 5.74) is 1.11. The summed E-state index contributed by atoms with van der Waals surface area (Å²) in [5, 5.41) is 0. The Morgan fingerprint density at radius 1 is 1.43 bits per heavy atom. The molecular formula is C17H24FNO2. The first-order valence-corrected chi connectivity index (χ1v) is 7.69. The van der Waals surface area contributed by atoms with Crippen LogP contribution in [-0.4, -0.2) is 37.1 Å². The predicted molar refractivity (Wildman–Crippen MR) is 80.9 cm³/mol. The van der Waals surface area contributed by atoms with Gasteiger partial charge in [0, 0.05) is 31.9 Å². The lowest BCUT2D eigenvalue weighted by molar-refractivity contribution is 0.0585. The summed E-state index contributed by atoms with van der Waals surface area (Å²) in [6.45, 7) is 3.22. The summed E-state index contributed by atoms with van der Waals surface area (Å²) in [5.74, 6) is -0.234. The topological polar surface area (TPSA) is 29.5 Å². The van der Waals surface area contributed by atoms with Gasteiger partial charge in [0.05, 0.1) is 0 Å². The van der Waals surface area contributed by atoms with E-state index in [4.69, 9.17) is 4.74 Å². The molecule has 116 valence electrons. The lowest BCUT2D eigenvalue weighted by Crippen LogP contribution is -2.43. The lowest BCUT2D eigenvalue weighted by Gasteiger charge is -2.36. The maximum Gasteiger partial charge on any atom is 0.254 e. The number of ether oxygens (including phenoxy) is 1. The molecule has 1 aromatic rings. The minimum Gasteiger partial charge on any atom is -0.385 e. The largest absolute Gasteiger partial charge is 0.385 e. The molecule has 0 aliphatic carbocycles. The van der Waals surface area contributed by atoms with E-state index in [1.165, 1.54) is 12.5 Å². The summed E-state index contributed by atoms with van der Waals surface area (Å²) < 4.78 is 18.4. The number of nitrogens with zero attached hydrogens (tertiary/aromatic N) is 1. The van der Waals surface area contributed by atoms with Crippen molar-refractivity contribution in [2.45, 2.75) is 45.1 Å². The van der Waals surface area contributed by atoms with Crippen molar-refractivity contribution in [3.05, 3.63) is 35.1 Å². The molecule has 0 bridgehead atoms. The number of piperidine rings is 1. The van der Waals surface area contributed by atoms with Gasteiger partial charge in [0.1, 0.15) is 5.82 Å². The quantitative estimate of drug-likeness (QED) is 0.777. The van der Waals surface area contributed by atoms with Crippen LogP contribution in [0.1, 0.15) is 48.0 Å². The Morgan fingerprint density at radius 3 is 2.95 bits per heavy atom. The molecule has 1 fully saturated rings. The molecule has 1 atom stereocenters. The highest BCUT2D eigenvalue weighted by atomic mass is 19.1. The zero-order valence-corrected chi connectivity index (χ0v) is 12.9. The molecule has 0 spiro atoms. The van der Waals surface area contributed by atoms with E-state index < -0.39 is 0 Å². The summed E-state index contributed by atoms with van der Waals surface area (Å²) >= 11 is 0. The summed E-state index contributed by atoms with van der Waals surface area (Å²) in [7, 11) is 1.70. The fraction of sp³-hybridized carbons (Fsp3) is 0.588. The first kappa shape index (κ1) is 16.0. The Kier molecular flexibility index (Phi) is 5.74. The van der Waals surface area contributed by atoms with Crippen LogP contribution >= 0.6 is 0 Å². The highest BCUT2D eigenvalue weighted by Crippen LogP contribution is 2.23. The van der Waals surface area contributed by atoms with E-state index in [1.54, 1.807) is 26.2 Å². The monoisotopic (exact) mass is 293 g/mol. The van der Waals surface area contributed by atoms with Crippen molar-refractivity contribution in [2.75, 3.05) is 20.3 Å². The van der Waals surface area contributed by atoms with Crippen LogP contribution in [0.15, 0.2) is 18.2 Å². The number of likely N-dealkylation sites (tertiary alicyclic amines) is 1. The number of hydrogen-bond acceptors (Lipinski definition) is 2. The lowest BCUT2D eigenvalue weighted by atomic mass is 9.96. The molecule has 0 unspecified atom stereocenters. The fourth-order valence-corrected chi connectivity index (χ4v) is 2.97. The van der Waals surface area contributed by atoms with E-state index in [0.29, 0.717) is 11.1 Å². The normalized spacial score (nSPS) is 18.8. The first-order valence-electron chi connectivity index (χ1n) is 7.69. The number of benzene rings is 1. The molecule has 1 heterocycles. The van der Waals surface area contributed by atoms with E-state index in [0.717, 1.165) is 38.8 Å². The minimum absolute atomic E-state index is 0.0280. The third-order valence-corrected chi connectivity index (χ3v) is 4.18. The standard InChI is InChI=1S/C17H24FNO2/c1-13-12-14(8-9-16(13)18)17(20)19-10-4-3-6-15(19)7-5-11-21-2/h8-9,12,15H,3-7,10-11H2,1-2H3/t15-/m0/s1. The van der Waals surface area contributed by atoms with Crippen molar-refractivity contribution >= 4 is 5.91 Å². The number of hydrogen-bond donors (Lipinski definition) is 0. The van der Waals surface area contributed by atoms with Crippen LogP contribution in [0.4, 0.5) is 4.39 Å². The van der Waals surface area contributed by atoms with E-state index in [1.807, 2.05) is 4.90 Å². The van der Waals surface area contributed by atoms with Gasteiger partial charge in [0.25, 0.3) is 5.91 Å². The summed E-state index contributed by atoms with van der Waals surface area (Å²) in [4.78, 5) is 14.6. The molecule has 4 heteroatoms. The second-order valence-electron chi connectivity index (χ2n) is 5.75. The Balaban J connectivity index is 2.08. The average Bonchev–Trinajstić information content (AvgIpc) is 2.50. The molecule has 1 aliphatic heterocycles. The van der Waals surface area contributed by atoms with E-state index in [-0.39, 0.29) is 17.8 Å². The number of carbonyl (C=O) groups excluding carboxylic acids is 1. The molecular weight excluding hydrogens is 269 g/mol. The molecule has 0 N–H and O–H groups in total. The minimum atomic E-state index is -0.262. The van der Waals surface area contributed by atoms with Crippen LogP contribution in [0, 0.1) is 12.7 Å². The number of methoxy groups -OCH3 is 1. The molecule has 0 radical (unpaired) electrons. The molecule has 0 aromatic heterocycles. The van der Waals surface area contributed by atoms with Gasteiger partial charge in [-0.2, -0.15) is 0 Å². The van der Waals surface area contributed by atoms with Crippen molar-refractivity contribution in [2.24, 2.45) is 0 Å². The Labute approximate surface area is 126 Å². The number of carbonyl (C=O) groups is 1. The van der Waals surface area contributed by atoms with Crippen molar-refractivity contribution in [1.82, 2.24) is 4.90 Å². The molecule has 1 saturated heterocycles. The van der Waals surface area contributed by atoms with E-state index >= 15 is 0 Å². The van der Waals surface area contributed by atoms with Crippen LogP contribution in [-0.2, 0) is 4.74 Å². The smallest absolute Gasteiger partial charge is 0.254 e. The molecule has 21 heavy (non-hydrogen) atoms. The molecule has 1 aliphatic rings. The van der Waals surface area contributed by atoms with Crippen LogP contribution in [0.2, 0.25) is 0 Å². The van der Waals surface area contributed by atoms with Gasteiger partial charge < -0.3 is 9.64 Å². The fourth-order valence-electron chi connectivity index (χ4n) is 2.97. The van der Waals surface area contributed by atoms with Gasteiger partial charge in [-0.1, -0.05) is 0 Å². The highest BCUT2D eigenvalue weighted by Gasteiger charge is 2.27. The van der Waals surface area contributed by atoms with E-state index in [9.17, 15) is 9.18 Å². The number of rotatable bonds is 5. The van der Waals surface area contributed by atoms with Crippen molar-refractivity contribution in [1.29, 1.82) is 0 Å². The maximum absolute atomic E-state index is 13.3. The number of halogens is 1. The average molecular weight is 293 g/mol. The van der Waals surface area contributed by atoms with Crippen molar-refractivity contribution < 1.29 is 13.9 Å². The third kappa shape index (κ3) is 4.03. The van der Waals surface area contributed by atoms with Gasteiger partial charge in [0.15, 0.2) is 0 Å². The van der Waals surface area contributed by atoms with E-state index in [2.05, 4.69) is 0 Å². The molecule has 0 saturated carbocycles. The van der Waals surface area contributed by atoms with Crippen molar-refractivity contribution in [3.63, 3.8) is 0 Å². The molecule has 1 amide bonds. The Morgan fingerprint density at radius 2 is 2.24 bits per heavy atom. The predicted octanol–water partition coefficient (Wildman–Crippen LogP) is 3.56. The van der Waals surface area contributed by atoms with Gasteiger partial charge in [-0.15, -0.1) is 0 Å². The van der Waals surface area contributed by atoms with Gasteiger partial charge >= 0.3 is 0 Å². The maximum atomic E-state index is 13.3. The Hall–Kier alpha value is -1.42. The Bertz CT molecular complexity index is 490. The zero-order chi connectivity index (χ0) is 15.2. The second-order valence-corrected chi connectivity index (χ2v) is 5.75. The van der Waals surface area contributed by atoms with Crippen LogP contribution in [0.25, 0.3) is 0 Å². The number of aryl methyl sites for hydroxylation is 1. The van der Waals surface area contributed by atoms with Crippen molar-refractivity contribution in [3.8, 4) is 0 Å². The van der Waals surface area contributed by atoms with Gasteiger partial charge in [0.2, 0.25) is 0 Å². The second kappa shape index (κ2) is 7.55. The van der Waals surface area contributed by atoms with Gasteiger partial charge in [-0.25, -0.2) is 4.39 Å². The van der Waals surface area contributed by atoms with Gasteiger partial charge in [-0.3, -0.25) is 4.79 Å². The zero-order valence-electron chi connectivity index (χ0n) is 12.9. The van der Waals surface area contributed by atoms with Crippen LogP contribution in [0.3, 0.4) is 0 Å². The summed E-state index contributed by atoms with van der Waals surface area (Å²) in [6, 6.07) is 4.91. The SMILES string of the molecule is COCCC[C@@H]1CCCCN1C(=O)c1ccc(F)c(C)c1. The summed E-state index contributed by atoms with van der Waals surface area (Å²) in [6.07, 6.45) is 5.21. The first-order chi connectivity index (χ1) is 10.1. The highest BCUT2D eigenvalue weighted by molar-refractivity contribution is 5.94.